The maximum absolute atomic E-state index is 10.2. The molecule has 30 heavy (non-hydrogen) atoms. The lowest BCUT2D eigenvalue weighted by Crippen LogP contribution is -2.22. The summed E-state index contributed by atoms with van der Waals surface area (Å²) < 4.78 is 14.3. The summed E-state index contributed by atoms with van der Waals surface area (Å²) in [6.45, 7) is 8.06. The lowest BCUT2D eigenvalue weighted by atomic mass is 10.1. The average Bonchev–Trinajstić information content (AvgIpc) is 3.29. The normalized spacial score (nSPS) is 17.6. The zero-order valence-electron chi connectivity index (χ0n) is 17.7. The Morgan fingerprint density at radius 1 is 1.00 bits per heavy atom. The van der Waals surface area contributed by atoms with Crippen LogP contribution >= 0.6 is 0 Å². The summed E-state index contributed by atoms with van der Waals surface area (Å²) in [5, 5.41) is 45.0. The van der Waals surface area contributed by atoms with Crippen LogP contribution in [0.1, 0.15) is 43.6 Å². The Morgan fingerprint density at radius 2 is 1.57 bits per heavy atom. The Balaban J connectivity index is 0.000000518. The van der Waals surface area contributed by atoms with Crippen LogP contribution < -0.4 is 4.74 Å². The summed E-state index contributed by atoms with van der Waals surface area (Å²) in [5.74, 6) is -5.25. The number of hydrogen-bond donors (Lipinski definition) is 5. The van der Waals surface area contributed by atoms with Crippen molar-refractivity contribution in [2.24, 2.45) is 0 Å². The highest BCUT2D eigenvalue weighted by atomic mass is 16.9. The summed E-state index contributed by atoms with van der Waals surface area (Å²) in [4.78, 5) is 10.2. The van der Waals surface area contributed by atoms with E-state index in [-0.39, 0.29) is 23.7 Å². The van der Waals surface area contributed by atoms with Crippen LogP contribution in [-0.2, 0) is 15.3 Å². The third kappa shape index (κ3) is 7.62. The van der Waals surface area contributed by atoms with Gasteiger partial charge in [-0.1, -0.05) is 45.9 Å². The number of epoxide rings is 1. The Morgan fingerprint density at radius 3 is 2.00 bits per heavy atom. The van der Waals surface area contributed by atoms with Gasteiger partial charge in [0.25, 0.3) is 5.79 Å². The zero-order chi connectivity index (χ0) is 23.4. The highest BCUT2D eigenvalue weighted by Gasteiger charge is 2.71. The molecule has 0 radical (unpaired) electrons. The van der Waals surface area contributed by atoms with Gasteiger partial charge in [-0.2, -0.15) is 0 Å². The van der Waals surface area contributed by atoms with Crippen LogP contribution in [0.15, 0.2) is 48.5 Å². The molecule has 0 spiro atoms. The molecule has 0 amide bonds. The highest BCUT2D eigenvalue weighted by molar-refractivity contribution is 5.87. The second-order valence-electron chi connectivity index (χ2n) is 5.29. The fourth-order valence-corrected chi connectivity index (χ4v) is 1.99. The number of phenols is 1. The van der Waals surface area contributed by atoms with E-state index in [2.05, 4.69) is 4.74 Å². The van der Waals surface area contributed by atoms with E-state index in [1.165, 1.54) is 43.5 Å². The second-order valence-corrected chi connectivity index (χ2v) is 5.29. The summed E-state index contributed by atoms with van der Waals surface area (Å²) in [7, 11) is 1.48. The standard InChI is InChI=1S/C10H12O6.C7H6O3.2C2H6/c1-14-6-15-8-4-2-3-7(5-8)9(11)10(12,13)16-9;8-6-3-1-2-5(4-6)7(9)10;2*1-2/h2-5,11-13H,6H2,1H3;1-4,8H,(H,9,10);2*1-2H3. The first-order valence-electron chi connectivity index (χ1n) is 9.31. The van der Waals surface area contributed by atoms with Gasteiger partial charge in [-0.05, 0) is 30.3 Å². The van der Waals surface area contributed by atoms with Crippen molar-refractivity contribution in [1.29, 1.82) is 0 Å². The lowest BCUT2D eigenvalue weighted by molar-refractivity contribution is -0.161. The third-order valence-corrected chi connectivity index (χ3v) is 3.35. The van der Waals surface area contributed by atoms with E-state index in [0.717, 1.165) is 0 Å². The maximum atomic E-state index is 10.2. The topological polar surface area (TPSA) is 149 Å². The molecule has 0 aliphatic carbocycles. The highest BCUT2D eigenvalue weighted by Crippen LogP contribution is 2.50. The third-order valence-electron chi connectivity index (χ3n) is 3.35. The summed E-state index contributed by atoms with van der Waals surface area (Å²) in [5.41, 5.74) is 0.297. The minimum Gasteiger partial charge on any atom is -0.508 e. The number of ether oxygens (including phenoxy) is 3. The number of hydrogen-bond acceptors (Lipinski definition) is 8. The molecule has 9 heteroatoms. The monoisotopic (exact) mass is 426 g/mol. The van der Waals surface area contributed by atoms with Crippen LogP contribution in [0.5, 0.6) is 11.5 Å². The van der Waals surface area contributed by atoms with E-state index in [1.54, 1.807) is 12.1 Å². The minimum absolute atomic E-state index is 0.0279. The van der Waals surface area contributed by atoms with Gasteiger partial charge in [0.1, 0.15) is 11.5 Å². The summed E-state index contributed by atoms with van der Waals surface area (Å²) in [6.07, 6.45) is 0. The predicted octanol–water partition coefficient (Wildman–Crippen LogP) is 2.63. The maximum Gasteiger partial charge on any atom is 0.343 e. The number of aliphatic hydroxyl groups is 3. The summed E-state index contributed by atoms with van der Waals surface area (Å²) in [6, 6.07) is 11.7. The number of aromatic hydroxyl groups is 1. The SMILES string of the molecule is CC.CC.COCOc1cccc(C2(O)OC2(O)O)c1.O=C(O)c1cccc(O)c1. The van der Waals surface area contributed by atoms with Crippen molar-refractivity contribution in [1.82, 2.24) is 0 Å². The fourth-order valence-electron chi connectivity index (χ4n) is 1.99. The Bertz CT molecular complexity index is 777. The van der Waals surface area contributed by atoms with E-state index in [1.807, 2.05) is 27.7 Å². The van der Waals surface area contributed by atoms with E-state index < -0.39 is 17.7 Å². The van der Waals surface area contributed by atoms with Crippen molar-refractivity contribution in [3.63, 3.8) is 0 Å². The van der Waals surface area contributed by atoms with Gasteiger partial charge in [-0.15, -0.1) is 0 Å². The summed E-state index contributed by atoms with van der Waals surface area (Å²) >= 11 is 0. The van der Waals surface area contributed by atoms with Crippen LogP contribution in [0.3, 0.4) is 0 Å². The van der Waals surface area contributed by atoms with Gasteiger partial charge >= 0.3 is 11.9 Å². The van der Waals surface area contributed by atoms with Crippen LogP contribution in [0.4, 0.5) is 0 Å². The molecule has 1 atom stereocenters. The molecule has 2 aromatic rings. The van der Waals surface area contributed by atoms with E-state index >= 15 is 0 Å². The number of carboxylic acid groups (broad SMARTS) is 1. The fraction of sp³-hybridized carbons (Fsp3) is 0.381. The smallest absolute Gasteiger partial charge is 0.343 e. The molecule has 0 saturated carbocycles. The van der Waals surface area contributed by atoms with E-state index in [0.29, 0.717) is 5.75 Å². The average molecular weight is 426 g/mol. The number of benzene rings is 2. The number of carboxylic acids is 1. The molecular formula is C21H30O9. The molecule has 0 aromatic heterocycles. The molecular weight excluding hydrogens is 396 g/mol. The molecule has 1 saturated heterocycles. The molecule has 1 fully saturated rings. The van der Waals surface area contributed by atoms with Crippen molar-refractivity contribution >= 4 is 5.97 Å². The minimum atomic E-state index is -2.53. The second kappa shape index (κ2) is 12.8. The quantitative estimate of drug-likeness (QED) is 0.359. The number of carbonyl (C=O) groups is 1. The van der Waals surface area contributed by atoms with Crippen LogP contribution in [0.2, 0.25) is 0 Å². The molecule has 5 N–H and O–H groups in total. The van der Waals surface area contributed by atoms with Gasteiger partial charge in [-0.3, -0.25) is 4.74 Å². The Labute approximate surface area is 175 Å². The molecule has 168 valence electrons. The van der Waals surface area contributed by atoms with Crippen molar-refractivity contribution < 1.29 is 44.5 Å². The number of rotatable bonds is 5. The predicted molar refractivity (Wildman–Crippen MR) is 109 cm³/mol. The lowest BCUT2D eigenvalue weighted by Gasteiger charge is -2.09. The molecule has 9 nitrogen and oxygen atoms in total. The van der Waals surface area contributed by atoms with Crippen molar-refractivity contribution in [2.45, 2.75) is 39.5 Å². The Kier molecular flexibility index (Phi) is 11.6. The van der Waals surface area contributed by atoms with Gasteiger partial charge in [-0.25, -0.2) is 4.79 Å². The first-order valence-corrected chi connectivity index (χ1v) is 9.31. The molecule has 1 aliphatic rings. The van der Waals surface area contributed by atoms with Gasteiger partial charge in [0.15, 0.2) is 6.79 Å². The molecule has 0 bridgehead atoms. The first kappa shape index (κ1) is 27.3. The Hall–Kier alpha value is -2.69. The number of phenolic OH excluding ortho intramolecular Hbond substituents is 1. The molecule has 1 aliphatic heterocycles. The molecule has 2 aromatic carbocycles. The van der Waals surface area contributed by atoms with Crippen LogP contribution in [0, 0.1) is 0 Å². The van der Waals surface area contributed by atoms with E-state index in [9.17, 15) is 9.90 Å². The first-order chi connectivity index (χ1) is 14.2. The van der Waals surface area contributed by atoms with Gasteiger partial charge in [0, 0.05) is 12.7 Å². The molecule has 3 rings (SSSR count). The van der Waals surface area contributed by atoms with Gasteiger partial charge < -0.3 is 35.0 Å². The largest absolute Gasteiger partial charge is 0.508 e. The van der Waals surface area contributed by atoms with Crippen molar-refractivity contribution in [3.8, 4) is 11.5 Å². The molecule has 1 unspecified atom stereocenters. The van der Waals surface area contributed by atoms with Crippen LogP contribution in [-0.4, -0.2) is 51.4 Å². The van der Waals surface area contributed by atoms with Gasteiger partial charge in [0.05, 0.1) is 5.56 Å². The molecule has 1 heterocycles. The number of aromatic carboxylic acids is 1. The van der Waals surface area contributed by atoms with Crippen molar-refractivity contribution in [3.05, 3.63) is 59.7 Å². The number of methoxy groups -OCH3 is 1. The zero-order valence-corrected chi connectivity index (χ0v) is 17.7. The van der Waals surface area contributed by atoms with Crippen molar-refractivity contribution in [2.75, 3.05) is 13.9 Å². The van der Waals surface area contributed by atoms with Crippen LogP contribution in [0.25, 0.3) is 0 Å². The van der Waals surface area contributed by atoms with Gasteiger partial charge in [0.2, 0.25) is 0 Å². The van der Waals surface area contributed by atoms with E-state index in [4.69, 9.17) is 29.9 Å².